The average molecular weight is 253 g/mol. The summed E-state index contributed by atoms with van der Waals surface area (Å²) in [5.74, 6) is 0.194. The van der Waals surface area contributed by atoms with Crippen molar-refractivity contribution in [2.24, 2.45) is 0 Å². The zero-order chi connectivity index (χ0) is 12.8. The van der Waals surface area contributed by atoms with E-state index in [0.717, 1.165) is 44.9 Å². The highest BCUT2D eigenvalue weighted by molar-refractivity contribution is 5.81. The summed E-state index contributed by atoms with van der Waals surface area (Å²) in [4.78, 5) is 14.3. The molecule has 2 N–H and O–H groups in total. The molecule has 2 saturated heterocycles. The summed E-state index contributed by atoms with van der Waals surface area (Å²) in [6.07, 6.45) is 7.24. The van der Waals surface area contributed by atoms with Gasteiger partial charge >= 0.3 is 0 Å². The van der Waals surface area contributed by atoms with Gasteiger partial charge in [-0.3, -0.25) is 4.79 Å². The maximum absolute atomic E-state index is 11.8. The summed E-state index contributed by atoms with van der Waals surface area (Å²) in [6.45, 7) is 6.49. The number of carbonyl (C=O) groups is 1. The minimum atomic E-state index is 0.0684. The van der Waals surface area contributed by atoms with Crippen molar-refractivity contribution in [1.29, 1.82) is 0 Å². The Morgan fingerprint density at radius 1 is 1.33 bits per heavy atom. The second-order valence-electron chi connectivity index (χ2n) is 5.67. The summed E-state index contributed by atoms with van der Waals surface area (Å²) in [5.41, 5.74) is 0. The van der Waals surface area contributed by atoms with Crippen molar-refractivity contribution in [2.75, 3.05) is 26.2 Å². The van der Waals surface area contributed by atoms with Crippen LogP contribution in [0, 0.1) is 0 Å². The normalized spacial score (nSPS) is 29.4. The minimum Gasteiger partial charge on any atom is -0.355 e. The van der Waals surface area contributed by atoms with E-state index in [9.17, 15) is 4.79 Å². The second-order valence-corrected chi connectivity index (χ2v) is 5.67. The molecule has 0 aliphatic carbocycles. The third-order valence-corrected chi connectivity index (χ3v) is 4.24. The van der Waals surface area contributed by atoms with Gasteiger partial charge < -0.3 is 15.5 Å². The van der Waals surface area contributed by atoms with Crippen LogP contribution in [0.1, 0.15) is 45.4 Å². The zero-order valence-corrected chi connectivity index (χ0v) is 11.6. The Hall–Kier alpha value is -0.610. The lowest BCUT2D eigenvalue weighted by Crippen LogP contribution is -2.42. The standard InChI is InChI=1S/C14H27N3O/c1-12-6-2-3-10-17(12)11-5-9-16-14(18)13-7-4-8-15-13/h12-13,15H,2-11H2,1H3,(H,16,18)/t12?,13-/m0/s1. The molecule has 2 atom stereocenters. The van der Waals surface area contributed by atoms with Crippen LogP contribution in [0.2, 0.25) is 0 Å². The van der Waals surface area contributed by atoms with Crippen LogP contribution >= 0.6 is 0 Å². The number of hydrogen-bond donors (Lipinski definition) is 2. The van der Waals surface area contributed by atoms with Crippen LogP contribution in [0.15, 0.2) is 0 Å². The highest BCUT2D eigenvalue weighted by Crippen LogP contribution is 2.16. The minimum absolute atomic E-state index is 0.0684. The van der Waals surface area contributed by atoms with Gasteiger partial charge in [0.05, 0.1) is 6.04 Å². The van der Waals surface area contributed by atoms with Crippen molar-refractivity contribution in [3.05, 3.63) is 0 Å². The molecular weight excluding hydrogens is 226 g/mol. The number of piperidine rings is 1. The van der Waals surface area contributed by atoms with Gasteiger partial charge in [0.1, 0.15) is 0 Å². The summed E-state index contributed by atoms with van der Waals surface area (Å²) < 4.78 is 0. The molecule has 0 saturated carbocycles. The van der Waals surface area contributed by atoms with Crippen LogP contribution in [0.4, 0.5) is 0 Å². The highest BCUT2D eigenvalue weighted by Gasteiger charge is 2.21. The molecule has 4 nitrogen and oxygen atoms in total. The van der Waals surface area contributed by atoms with Crippen molar-refractivity contribution in [3.8, 4) is 0 Å². The summed E-state index contributed by atoms with van der Waals surface area (Å²) in [5, 5.41) is 6.28. The molecule has 0 aromatic heterocycles. The number of nitrogens with zero attached hydrogens (tertiary/aromatic N) is 1. The molecule has 0 radical (unpaired) electrons. The van der Waals surface area contributed by atoms with Crippen LogP contribution in [-0.2, 0) is 4.79 Å². The largest absolute Gasteiger partial charge is 0.355 e. The topological polar surface area (TPSA) is 44.4 Å². The van der Waals surface area contributed by atoms with Gasteiger partial charge in [-0.05, 0) is 52.1 Å². The Kier molecular flexibility index (Phi) is 5.45. The van der Waals surface area contributed by atoms with E-state index >= 15 is 0 Å². The molecule has 18 heavy (non-hydrogen) atoms. The van der Waals surface area contributed by atoms with Gasteiger partial charge in [0.25, 0.3) is 0 Å². The predicted molar refractivity (Wildman–Crippen MR) is 73.5 cm³/mol. The van der Waals surface area contributed by atoms with E-state index in [4.69, 9.17) is 0 Å². The Labute approximate surface area is 110 Å². The van der Waals surface area contributed by atoms with E-state index in [1.807, 2.05) is 0 Å². The van der Waals surface area contributed by atoms with E-state index in [0.29, 0.717) is 0 Å². The monoisotopic (exact) mass is 253 g/mol. The fourth-order valence-corrected chi connectivity index (χ4v) is 3.02. The van der Waals surface area contributed by atoms with Gasteiger partial charge in [0.15, 0.2) is 0 Å². The molecular formula is C14H27N3O. The predicted octanol–water partition coefficient (Wildman–Crippen LogP) is 1.12. The molecule has 2 fully saturated rings. The number of nitrogens with one attached hydrogen (secondary N) is 2. The van der Waals surface area contributed by atoms with E-state index in [1.54, 1.807) is 0 Å². The lowest BCUT2D eigenvalue weighted by Gasteiger charge is -2.33. The molecule has 2 aliphatic heterocycles. The number of rotatable bonds is 5. The van der Waals surface area contributed by atoms with Crippen LogP contribution in [0.5, 0.6) is 0 Å². The molecule has 4 heteroatoms. The highest BCUT2D eigenvalue weighted by atomic mass is 16.2. The SMILES string of the molecule is CC1CCCCN1CCCNC(=O)[C@@H]1CCCN1. The molecule has 0 aromatic carbocycles. The number of hydrogen-bond acceptors (Lipinski definition) is 3. The molecule has 0 bridgehead atoms. The van der Waals surface area contributed by atoms with E-state index in [1.165, 1.54) is 25.8 Å². The lowest BCUT2D eigenvalue weighted by atomic mass is 10.0. The molecule has 1 unspecified atom stereocenters. The first-order chi connectivity index (χ1) is 8.77. The molecule has 104 valence electrons. The Balaban J connectivity index is 1.56. The van der Waals surface area contributed by atoms with E-state index < -0.39 is 0 Å². The first-order valence-corrected chi connectivity index (χ1v) is 7.52. The fourth-order valence-electron chi connectivity index (χ4n) is 3.02. The zero-order valence-electron chi connectivity index (χ0n) is 11.6. The van der Waals surface area contributed by atoms with Crippen molar-refractivity contribution < 1.29 is 4.79 Å². The van der Waals surface area contributed by atoms with E-state index in [2.05, 4.69) is 22.5 Å². The Morgan fingerprint density at radius 2 is 2.22 bits per heavy atom. The van der Waals surface area contributed by atoms with Crippen LogP contribution in [0.3, 0.4) is 0 Å². The summed E-state index contributed by atoms with van der Waals surface area (Å²) >= 11 is 0. The van der Waals surface area contributed by atoms with Gasteiger partial charge in [0, 0.05) is 19.1 Å². The number of likely N-dealkylation sites (tertiary alicyclic amines) is 1. The molecule has 1 amide bonds. The van der Waals surface area contributed by atoms with E-state index in [-0.39, 0.29) is 11.9 Å². The summed E-state index contributed by atoms with van der Waals surface area (Å²) in [7, 11) is 0. The molecule has 2 heterocycles. The first kappa shape index (κ1) is 13.8. The Morgan fingerprint density at radius 3 is 2.94 bits per heavy atom. The second kappa shape index (κ2) is 7.10. The maximum atomic E-state index is 11.8. The van der Waals surface area contributed by atoms with Crippen molar-refractivity contribution in [3.63, 3.8) is 0 Å². The van der Waals surface area contributed by atoms with Gasteiger partial charge in [0.2, 0.25) is 5.91 Å². The summed E-state index contributed by atoms with van der Waals surface area (Å²) in [6, 6.07) is 0.796. The average Bonchev–Trinajstić information content (AvgIpc) is 2.90. The van der Waals surface area contributed by atoms with Crippen molar-refractivity contribution in [2.45, 2.75) is 57.5 Å². The van der Waals surface area contributed by atoms with Gasteiger partial charge in [-0.25, -0.2) is 0 Å². The molecule has 2 rings (SSSR count). The lowest BCUT2D eigenvalue weighted by molar-refractivity contribution is -0.122. The number of amides is 1. The molecule has 0 aromatic rings. The fraction of sp³-hybridized carbons (Fsp3) is 0.929. The van der Waals surface area contributed by atoms with Crippen LogP contribution < -0.4 is 10.6 Å². The van der Waals surface area contributed by atoms with Gasteiger partial charge in [-0.2, -0.15) is 0 Å². The van der Waals surface area contributed by atoms with Crippen LogP contribution in [0.25, 0.3) is 0 Å². The smallest absolute Gasteiger partial charge is 0.237 e. The van der Waals surface area contributed by atoms with Gasteiger partial charge in [-0.1, -0.05) is 6.42 Å². The molecule has 2 aliphatic rings. The quantitative estimate of drug-likeness (QED) is 0.722. The van der Waals surface area contributed by atoms with Crippen LogP contribution in [-0.4, -0.2) is 49.1 Å². The third kappa shape index (κ3) is 3.95. The molecule has 0 spiro atoms. The van der Waals surface area contributed by atoms with Gasteiger partial charge in [-0.15, -0.1) is 0 Å². The van der Waals surface area contributed by atoms with Crippen molar-refractivity contribution in [1.82, 2.24) is 15.5 Å². The number of carbonyl (C=O) groups excluding carboxylic acids is 1. The first-order valence-electron chi connectivity index (χ1n) is 7.52. The third-order valence-electron chi connectivity index (χ3n) is 4.24. The maximum Gasteiger partial charge on any atom is 0.237 e. The Bertz CT molecular complexity index is 264. The van der Waals surface area contributed by atoms with Crippen molar-refractivity contribution >= 4 is 5.91 Å².